The van der Waals surface area contributed by atoms with E-state index < -0.39 is 0 Å². The lowest BCUT2D eigenvalue weighted by atomic mass is 10.3. The van der Waals surface area contributed by atoms with Gasteiger partial charge in [0.25, 0.3) is 0 Å². The summed E-state index contributed by atoms with van der Waals surface area (Å²) < 4.78 is 6.44. The van der Waals surface area contributed by atoms with Crippen LogP contribution >= 0.6 is 23.1 Å². The summed E-state index contributed by atoms with van der Waals surface area (Å²) in [5.74, 6) is 1.36. The Kier molecular flexibility index (Phi) is 5.29. The number of ether oxygens (including phenoxy) is 1. The Labute approximate surface area is 147 Å². The molecular weight excluding hydrogens is 344 g/mol. The number of benzene rings is 2. The summed E-state index contributed by atoms with van der Waals surface area (Å²) in [5.41, 5.74) is 5.98. The number of hydrogen-bond acceptors (Lipinski definition) is 7. The molecular formula is C16H14N4O2S2. The number of primary amides is 1. The van der Waals surface area contributed by atoms with Gasteiger partial charge in [-0.15, -0.1) is 10.2 Å². The van der Waals surface area contributed by atoms with E-state index in [0.29, 0.717) is 9.47 Å². The molecule has 0 saturated carbocycles. The van der Waals surface area contributed by atoms with Gasteiger partial charge in [-0.3, -0.25) is 4.79 Å². The molecule has 0 radical (unpaired) electrons. The number of nitrogens with zero attached hydrogens (tertiary/aromatic N) is 2. The molecule has 3 aromatic rings. The van der Waals surface area contributed by atoms with Crippen molar-refractivity contribution in [3.63, 3.8) is 0 Å². The summed E-state index contributed by atoms with van der Waals surface area (Å²) >= 11 is 2.64. The van der Waals surface area contributed by atoms with Gasteiger partial charge in [-0.1, -0.05) is 41.3 Å². The van der Waals surface area contributed by atoms with Gasteiger partial charge in [-0.2, -0.15) is 0 Å². The second kappa shape index (κ2) is 7.80. The lowest BCUT2D eigenvalue weighted by Crippen LogP contribution is -2.12. The number of hydrogen-bond donors (Lipinski definition) is 2. The summed E-state index contributed by atoms with van der Waals surface area (Å²) in [6, 6.07) is 17.1. The van der Waals surface area contributed by atoms with E-state index in [1.165, 1.54) is 23.1 Å². The topological polar surface area (TPSA) is 90.1 Å². The SMILES string of the molecule is NC(=O)CSc1nnc(Nc2ccc(Oc3ccccc3)cc2)s1. The number of aromatic nitrogens is 2. The Morgan fingerprint density at radius 2 is 1.79 bits per heavy atom. The molecule has 3 N–H and O–H groups in total. The van der Waals surface area contributed by atoms with E-state index in [-0.39, 0.29) is 11.7 Å². The number of anilines is 2. The first-order chi connectivity index (χ1) is 11.7. The first kappa shape index (κ1) is 16.3. The summed E-state index contributed by atoms with van der Waals surface area (Å²) in [7, 11) is 0. The van der Waals surface area contributed by atoms with Crippen molar-refractivity contribution in [3.8, 4) is 11.5 Å². The van der Waals surface area contributed by atoms with E-state index >= 15 is 0 Å². The van der Waals surface area contributed by atoms with Gasteiger partial charge in [0.2, 0.25) is 11.0 Å². The summed E-state index contributed by atoms with van der Waals surface area (Å²) in [6.45, 7) is 0. The number of carbonyl (C=O) groups is 1. The van der Waals surface area contributed by atoms with Crippen LogP contribution in [0.3, 0.4) is 0 Å². The molecule has 0 aliphatic carbocycles. The zero-order valence-corrected chi connectivity index (χ0v) is 14.1. The standard InChI is InChI=1S/C16H14N4O2S2/c17-14(21)10-23-16-20-19-15(24-16)18-11-6-8-13(9-7-11)22-12-4-2-1-3-5-12/h1-9H,10H2,(H2,17,21)(H,18,19). The molecule has 0 saturated heterocycles. The van der Waals surface area contributed by atoms with Gasteiger partial charge < -0.3 is 15.8 Å². The molecule has 6 nitrogen and oxygen atoms in total. The average molecular weight is 358 g/mol. The highest BCUT2D eigenvalue weighted by Gasteiger charge is 2.07. The fraction of sp³-hybridized carbons (Fsp3) is 0.0625. The molecule has 122 valence electrons. The Hall–Kier alpha value is -2.58. The molecule has 0 aliphatic heterocycles. The quantitative estimate of drug-likeness (QED) is 0.627. The third-order valence-electron chi connectivity index (χ3n) is 2.83. The van der Waals surface area contributed by atoms with E-state index in [0.717, 1.165) is 17.2 Å². The predicted molar refractivity (Wildman–Crippen MR) is 96.1 cm³/mol. The lowest BCUT2D eigenvalue weighted by Gasteiger charge is -2.06. The monoisotopic (exact) mass is 358 g/mol. The molecule has 2 aromatic carbocycles. The minimum absolute atomic E-state index is 0.195. The highest BCUT2D eigenvalue weighted by atomic mass is 32.2. The first-order valence-electron chi connectivity index (χ1n) is 7.03. The van der Waals surface area contributed by atoms with Crippen molar-refractivity contribution >= 4 is 39.8 Å². The van der Waals surface area contributed by atoms with Crippen LogP contribution in [0, 0.1) is 0 Å². The predicted octanol–water partition coefficient (Wildman–Crippen LogP) is 3.65. The van der Waals surface area contributed by atoms with Crippen LogP contribution in [-0.2, 0) is 4.79 Å². The second-order valence-electron chi connectivity index (χ2n) is 4.69. The van der Waals surface area contributed by atoms with E-state index in [2.05, 4.69) is 15.5 Å². The minimum Gasteiger partial charge on any atom is -0.457 e. The molecule has 1 heterocycles. The van der Waals surface area contributed by atoms with Crippen molar-refractivity contribution < 1.29 is 9.53 Å². The number of nitrogens with two attached hydrogens (primary N) is 1. The van der Waals surface area contributed by atoms with Crippen molar-refractivity contribution in [2.45, 2.75) is 4.34 Å². The van der Waals surface area contributed by atoms with Crippen molar-refractivity contribution in [2.75, 3.05) is 11.1 Å². The smallest absolute Gasteiger partial charge is 0.227 e. The molecule has 0 aliphatic rings. The molecule has 8 heteroatoms. The van der Waals surface area contributed by atoms with E-state index in [9.17, 15) is 4.79 Å². The minimum atomic E-state index is -0.376. The van der Waals surface area contributed by atoms with Gasteiger partial charge >= 0.3 is 0 Å². The number of rotatable bonds is 7. The van der Waals surface area contributed by atoms with E-state index in [1.54, 1.807) is 0 Å². The van der Waals surface area contributed by atoms with Crippen molar-refractivity contribution in [2.24, 2.45) is 5.73 Å². The zero-order chi connectivity index (χ0) is 16.8. The van der Waals surface area contributed by atoms with Crippen LogP contribution in [0.15, 0.2) is 58.9 Å². The van der Waals surface area contributed by atoms with Gasteiger partial charge in [-0.25, -0.2) is 0 Å². The molecule has 1 amide bonds. The molecule has 3 rings (SSSR count). The maximum atomic E-state index is 10.8. The number of carbonyl (C=O) groups excluding carboxylic acids is 1. The molecule has 1 aromatic heterocycles. The Morgan fingerprint density at radius 3 is 2.50 bits per heavy atom. The fourth-order valence-electron chi connectivity index (χ4n) is 1.81. The molecule has 0 bridgehead atoms. The van der Waals surface area contributed by atoms with Crippen LogP contribution in [0.2, 0.25) is 0 Å². The van der Waals surface area contributed by atoms with Crippen LogP contribution in [0.4, 0.5) is 10.8 Å². The highest BCUT2D eigenvalue weighted by Crippen LogP contribution is 2.28. The Bertz CT molecular complexity index is 806. The maximum Gasteiger partial charge on any atom is 0.227 e. The molecule has 0 spiro atoms. The molecule has 0 unspecified atom stereocenters. The number of nitrogens with one attached hydrogen (secondary N) is 1. The second-order valence-corrected chi connectivity index (χ2v) is 6.89. The number of para-hydroxylation sites is 1. The van der Waals surface area contributed by atoms with Crippen molar-refractivity contribution in [1.29, 1.82) is 0 Å². The van der Waals surface area contributed by atoms with Crippen molar-refractivity contribution in [3.05, 3.63) is 54.6 Å². The third kappa shape index (κ3) is 4.71. The van der Waals surface area contributed by atoms with Gasteiger partial charge in [0.05, 0.1) is 5.75 Å². The normalized spacial score (nSPS) is 10.3. The summed E-state index contributed by atoms with van der Waals surface area (Å²) in [5, 5.41) is 11.8. The van der Waals surface area contributed by atoms with Gasteiger partial charge in [-0.05, 0) is 36.4 Å². The molecule has 0 atom stereocenters. The van der Waals surface area contributed by atoms with Crippen molar-refractivity contribution in [1.82, 2.24) is 10.2 Å². The van der Waals surface area contributed by atoms with E-state index in [4.69, 9.17) is 10.5 Å². The fourth-order valence-corrected chi connectivity index (χ4v) is 3.32. The van der Waals surface area contributed by atoms with Crippen LogP contribution < -0.4 is 15.8 Å². The molecule has 24 heavy (non-hydrogen) atoms. The van der Waals surface area contributed by atoms with Gasteiger partial charge in [0.1, 0.15) is 11.5 Å². The maximum absolute atomic E-state index is 10.8. The zero-order valence-electron chi connectivity index (χ0n) is 12.5. The lowest BCUT2D eigenvalue weighted by molar-refractivity contribution is -0.115. The van der Waals surface area contributed by atoms with E-state index in [1.807, 2.05) is 54.6 Å². The van der Waals surface area contributed by atoms with Gasteiger partial charge in [0.15, 0.2) is 4.34 Å². The van der Waals surface area contributed by atoms with Crippen LogP contribution in [-0.4, -0.2) is 21.9 Å². The highest BCUT2D eigenvalue weighted by molar-refractivity contribution is 8.01. The third-order valence-corrected chi connectivity index (χ3v) is 4.82. The Morgan fingerprint density at radius 1 is 1.08 bits per heavy atom. The van der Waals surface area contributed by atoms with Crippen LogP contribution in [0.1, 0.15) is 0 Å². The molecule has 0 fully saturated rings. The number of thioether (sulfide) groups is 1. The first-order valence-corrected chi connectivity index (χ1v) is 8.84. The van der Waals surface area contributed by atoms with Crippen LogP contribution in [0.25, 0.3) is 0 Å². The summed E-state index contributed by atoms with van der Waals surface area (Å²) in [4.78, 5) is 10.8. The largest absolute Gasteiger partial charge is 0.457 e. The summed E-state index contributed by atoms with van der Waals surface area (Å²) in [6.07, 6.45) is 0. The van der Waals surface area contributed by atoms with Crippen LogP contribution in [0.5, 0.6) is 11.5 Å². The average Bonchev–Trinajstić information content (AvgIpc) is 3.03. The Balaban J connectivity index is 1.59. The van der Waals surface area contributed by atoms with Gasteiger partial charge in [0, 0.05) is 5.69 Å². The number of amides is 1.